The maximum absolute atomic E-state index is 5.61. The summed E-state index contributed by atoms with van der Waals surface area (Å²) in [5.74, 6) is 0.573. The molecule has 0 fully saturated rings. The predicted octanol–water partition coefficient (Wildman–Crippen LogP) is 2.55. The summed E-state index contributed by atoms with van der Waals surface area (Å²) in [5.41, 5.74) is 1.35. The third kappa shape index (κ3) is 6.71. The Morgan fingerprint density at radius 1 is 1.11 bits per heavy atom. The van der Waals surface area contributed by atoms with Crippen LogP contribution >= 0.6 is 0 Å². The van der Waals surface area contributed by atoms with E-state index in [0.29, 0.717) is 12.0 Å². The van der Waals surface area contributed by atoms with E-state index in [0.717, 1.165) is 26.3 Å². The fourth-order valence-electron chi connectivity index (χ4n) is 2.03. The zero-order valence-corrected chi connectivity index (χ0v) is 12.7. The molecule has 0 aliphatic rings. The van der Waals surface area contributed by atoms with Gasteiger partial charge in [-0.1, -0.05) is 44.2 Å². The van der Waals surface area contributed by atoms with Gasteiger partial charge in [-0.2, -0.15) is 0 Å². The van der Waals surface area contributed by atoms with Gasteiger partial charge in [0.25, 0.3) is 0 Å². The van der Waals surface area contributed by atoms with Gasteiger partial charge in [-0.05, 0) is 25.6 Å². The van der Waals surface area contributed by atoms with Crippen LogP contribution in [-0.2, 0) is 4.74 Å². The Hall–Kier alpha value is -0.900. The molecule has 1 atom stereocenters. The summed E-state index contributed by atoms with van der Waals surface area (Å²) in [4.78, 5) is 2.13. The number of benzene rings is 1. The van der Waals surface area contributed by atoms with Crippen LogP contribution in [0.15, 0.2) is 30.3 Å². The summed E-state index contributed by atoms with van der Waals surface area (Å²) in [6, 6.07) is 11.0. The Morgan fingerprint density at radius 2 is 1.79 bits per heavy atom. The predicted molar refractivity (Wildman–Crippen MR) is 81.4 cm³/mol. The third-order valence-corrected chi connectivity index (χ3v) is 3.12. The minimum atomic E-state index is 0.402. The van der Waals surface area contributed by atoms with Crippen LogP contribution in [0.2, 0.25) is 0 Å². The van der Waals surface area contributed by atoms with Gasteiger partial charge < -0.3 is 15.0 Å². The maximum atomic E-state index is 5.61. The third-order valence-electron chi connectivity index (χ3n) is 3.12. The molecule has 0 saturated carbocycles. The van der Waals surface area contributed by atoms with Crippen molar-refractivity contribution in [1.82, 2.24) is 10.2 Å². The molecule has 0 spiro atoms. The van der Waals surface area contributed by atoms with Gasteiger partial charge in [-0.3, -0.25) is 0 Å². The molecule has 0 unspecified atom stereocenters. The molecule has 0 heterocycles. The van der Waals surface area contributed by atoms with Crippen LogP contribution in [0.5, 0.6) is 0 Å². The lowest BCUT2D eigenvalue weighted by atomic mass is 9.96. The topological polar surface area (TPSA) is 24.5 Å². The van der Waals surface area contributed by atoms with E-state index in [2.05, 4.69) is 68.5 Å². The summed E-state index contributed by atoms with van der Waals surface area (Å²) in [5, 5.41) is 3.58. The van der Waals surface area contributed by atoms with Crippen molar-refractivity contribution in [3.8, 4) is 0 Å². The van der Waals surface area contributed by atoms with Crippen molar-refractivity contribution in [2.24, 2.45) is 5.92 Å². The highest BCUT2D eigenvalue weighted by atomic mass is 16.5. The number of rotatable bonds is 9. The Balaban J connectivity index is 2.28. The van der Waals surface area contributed by atoms with E-state index in [1.165, 1.54) is 5.56 Å². The summed E-state index contributed by atoms with van der Waals surface area (Å²) < 4.78 is 5.61. The quantitative estimate of drug-likeness (QED) is 0.694. The largest absolute Gasteiger partial charge is 0.379 e. The molecule has 19 heavy (non-hydrogen) atoms. The van der Waals surface area contributed by atoms with Crippen LogP contribution in [0.25, 0.3) is 0 Å². The second-order valence-corrected chi connectivity index (χ2v) is 5.50. The van der Waals surface area contributed by atoms with E-state index < -0.39 is 0 Å². The lowest BCUT2D eigenvalue weighted by molar-refractivity contribution is 0.116. The summed E-state index contributed by atoms with van der Waals surface area (Å²) >= 11 is 0. The first-order chi connectivity index (χ1) is 9.11. The molecule has 0 aromatic heterocycles. The average molecular weight is 264 g/mol. The standard InChI is InChI=1S/C16H28N2O/c1-14(2)16(15-8-6-5-7-9-15)17-10-12-19-13-11-18(3)4/h5-9,14,16-17H,10-13H2,1-4H3/t16-/m0/s1. The van der Waals surface area contributed by atoms with E-state index in [9.17, 15) is 0 Å². The minimum Gasteiger partial charge on any atom is -0.379 e. The molecule has 0 aliphatic carbocycles. The van der Waals surface area contributed by atoms with Crippen LogP contribution in [0.1, 0.15) is 25.5 Å². The first kappa shape index (κ1) is 16.2. The summed E-state index contributed by atoms with van der Waals surface area (Å²) in [6.07, 6.45) is 0. The molecule has 0 radical (unpaired) electrons. The second kappa shape index (κ2) is 9.08. The van der Waals surface area contributed by atoms with Gasteiger partial charge in [-0.15, -0.1) is 0 Å². The molecular formula is C16H28N2O. The zero-order valence-electron chi connectivity index (χ0n) is 12.7. The second-order valence-electron chi connectivity index (χ2n) is 5.50. The van der Waals surface area contributed by atoms with Gasteiger partial charge in [0.15, 0.2) is 0 Å². The Kier molecular flexibility index (Phi) is 7.72. The van der Waals surface area contributed by atoms with Crippen molar-refractivity contribution in [1.29, 1.82) is 0 Å². The van der Waals surface area contributed by atoms with Crippen molar-refractivity contribution in [3.05, 3.63) is 35.9 Å². The van der Waals surface area contributed by atoms with Crippen molar-refractivity contribution >= 4 is 0 Å². The van der Waals surface area contributed by atoms with E-state index >= 15 is 0 Å². The highest BCUT2D eigenvalue weighted by molar-refractivity contribution is 5.19. The number of hydrogen-bond acceptors (Lipinski definition) is 3. The average Bonchev–Trinajstić information content (AvgIpc) is 2.38. The maximum Gasteiger partial charge on any atom is 0.0593 e. The highest BCUT2D eigenvalue weighted by Crippen LogP contribution is 2.20. The van der Waals surface area contributed by atoms with E-state index in [1.807, 2.05) is 0 Å². The minimum absolute atomic E-state index is 0.402. The van der Waals surface area contributed by atoms with Crippen LogP contribution in [0, 0.1) is 5.92 Å². The van der Waals surface area contributed by atoms with Gasteiger partial charge in [0.05, 0.1) is 13.2 Å². The highest BCUT2D eigenvalue weighted by Gasteiger charge is 2.14. The van der Waals surface area contributed by atoms with Gasteiger partial charge in [-0.25, -0.2) is 0 Å². The van der Waals surface area contributed by atoms with Gasteiger partial charge in [0.1, 0.15) is 0 Å². The SMILES string of the molecule is CC(C)[C@H](NCCOCCN(C)C)c1ccccc1. The molecule has 1 rings (SSSR count). The first-order valence-corrected chi connectivity index (χ1v) is 7.12. The van der Waals surface area contributed by atoms with Crippen molar-refractivity contribution < 1.29 is 4.74 Å². The molecule has 1 aromatic carbocycles. The lowest BCUT2D eigenvalue weighted by Gasteiger charge is -2.23. The molecule has 3 heteroatoms. The molecule has 1 N–H and O–H groups in total. The molecule has 0 saturated heterocycles. The van der Waals surface area contributed by atoms with Crippen LogP contribution in [0.4, 0.5) is 0 Å². The molecule has 0 amide bonds. The lowest BCUT2D eigenvalue weighted by Crippen LogP contribution is -2.29. The number of likely N-dealkylation sites (N-methyl/N-ethyl adjacent to an activating group) is 1. The number of ether oxygens (including phenoxy) is 1. The van der Waals surface area contributed by atoms with Crippen LogP contribution in [0.3, 0.4) is 0 Å². The molecule has 3 nitrogen and oxygen atoms in total. The summed E-state index contributed by atoms with van der Waals surface area (Å²) in [6.45, 7) is 7.93. The number of hydrogen-bond donors (Lipinski definition) is 1. The smallest absolute Gasteiger partial charge is 0.0593 e. The van der Waals surface area contributed by atoms with Gasteiger partial charge in [0, 0.05) is 19.1 Å². The fourth-order valence-corrected chi connectivity index (χ4v) is 2.03. The first-order valence-electron chi connectivity index (χ1n) is 7.12. The van der Waals surface area contributed by atoms with Crippen LogP contribution in [-0.4, -0.2) is 45.3 Å². The van der Waals surface area contributed by atoms with Gasteiger partial charge in [0.2, 0.25) is 0 Å². The monoisotopic (exact) mass is 264 g/mol. The zero-order chi connectivity index (χ0) is 14.1. The molecule has 108 valence electrons. The van der Waals surface area contributed by atoms with Crippen molar-refractivity contribution in [3.63, 3.8) is 0 Å². The number of nitrogens with one attached hydrogen (secondary N) is 1. The van der Waals surface area contributed by atoms with Gasteiger partial charge >= 0.3 is 0 Å². The van der Waals surface area contributed by atoms with E-state index in [-0.39, 0.29) is 0 Å². The van der Waals surface area contributed by atoms with E-state index in [1.54, 1.807) is 0 Å². The molecule has 1 aromatic rings. The Labute approximate surface area is 118 Å². The van der Waals surface area contributed by atoms with E-state index in [4.69, 9.17) is 4.74 Å². The van der Waals surface area contributed by atoms with Crippen molar-refractivity contribution in [2.45, 2.75) is 19.9 Å². The molecular weight excluding hydrogens is 236 g/mol. The fraction of sp³-hybridized carbons (Fsp3) is 0.625. The van der Waals surface area contributed by atoms with Crippen molar-refractivity contribution in [2.75, 3.05) is 40.4 Å². The summed E-state index contributed by atoms with van der Waals surface area (Å²) in [7, 11) is 4.12. The van der Waals surface area contributed by atoms with Crippen LogP contribution < -0.4 is 5.32 Å². The normalized spacial score (nSPS) is 13.2. The molecule has 0 aliphatic heterocycles. The Morgan fingerprint density at radius 3 is 2.37 bits per heavy atom. The Bertz CT molecular complexity index is 325. The molecule has 0 bridgehead atoms. The number of nitrogens with zero attached hydrogens (tertiary/aromatic N) is 1.